The van der Waals surface area contributed by atoms with E-state index in [1.165, 1.54) is 5.56 Å². The lowest BCUT2D eigenvalue weighted by Crippen LogP contribution is -2.46. The van der Waals surface area contributed by atoms with Gasteiger partial charge in [-0.1, -0.05) is 44.2 Å². The second-order valence-corrected chi connectivity index (χ2v) is 6.23. The van der Waals surface area contributed by atoms with Crippen LogP contribution in [-0.4, -0.2) is 56.7 Å². The van der Waals surface area contributed by atoms with Crippen LogP contribution < -0.4 is 10.6 Å². The molecule has 2 atom stereocenters. The fraction of sp³-hybridized carbons (Fsp3) is 0.650. The van der Waals surface area contributed by atoms with E-state index in [0.717, 1.165) is 45.2 Å². The van der Waals surface area contributed by atoms with E-state index in [2.05, 4.69) is 60.4 Å². The molecule has 0 aromatic heterocycles. The summed E-state index contributed by atoms with van der Waals surface area (Å²) in [7, 11) is 1.81. The maximum atomic E-state index is 5.90. The van der Waals surface area contributed by atoms with Crippen LogP contribution in [0.4, 0.5) is 0 Å². The van der Waals surface area contributed by atoms with Gasteiger partial charge in [0, 0.05) is 32.8 Å². The highest BCUT2D eigenvalue weighted by Crippen LogP contribution is 2.15. The minimum atomic E-state index is 0.133. The number of aliphatic imine (C=N–C) groups is 1. The van der Waals surface area contributed by atoms with Crippen molar-refractivity contribution >= 4 is 5.96 Å². The molecule has 1 aromatic rings. The number of benzene rings is 1. The van der Waals surface area contributed by atoms with Gasteiger partial charge >= 0.3 is 0 Å². The molecule has 0 heterocycles. The number of hydrogen-bond acceptors (Lipinski definition) is 3. The largest absolute Gasteiger partial charge is 0.374 e. The third-order valence-electron chi connectivity index (χ3n) is 4.47. The number of guanidine groups is 1. The van der Waals surface area contributed by atoms with Crippen LogP contribution in [0.5, 0.6) is 0 Å². The molecular weight excluding hydrogens is 312 g/mol. The molecule has 1 rings (SSSR count). The Hall–Kier alpha value is -1.59. The first-order valence-electron chi connectivity index (χ1n) is 9.47. The van der Waals surface area contributed by atoms with Gasteiger partial charge in [-0.05, 0) is 38.9 Å². The molecule has 0 radical (unpaired) electrons. The average Bonchev–Trinajstić information content (AvgIpc) is 2.65. The zero-order valence-electron chi connectivity index (χ0n) is 16.6. The minimum absolute atomic E-state index is 0.133. The molecule has 0 saturated carbocycles. The molecule has 0 spiro atoms. The summed E-state index contributed by atoms with van der Waals surface area (Å²) < 4.78 is 5.90. The van der Waals surface area contributed by atoms with Crippen molar-refractivity contribution in [1.29, 1.82) is 0 Å². The Kier molecular flexibility index (Phi) is 10.9. The number of nitrogens with one attached hydrogen (secondary N) is 2. The van der Waals surface area contributed by atoms with E-state index < -0.39 is 0 Å². The summed E-state index contributed by atoms with van der Waals surface area (Å²) >= 11 is 0. The van der Waals surface area contributed by atoms with Crippen molar-refractivity contribution in [3.63, 3.8) is 0 Å². The van der Waals surface area contributed by atoms with Crippen LogP contribution in [0.1, 0.15) is 45.8 Å². The number of likely N-dealkylation sites (N-methyl/N-ethyl adjacent to an activating group) is 1. The number of nitrogens with zero attached hydrogens (tertiary/aromatic N) is 2. The molecule has 0 bridgehead atoms. The predicted molar refractivity (Wildman–Crippen MR) is 107 cm³/mol. The zero-order chi connectivity index (χ0) is 18.5. The van der Waals surface area contributed by atoms with Crippen molar-refractivity contribution in [3.8, 4) is 0 Å². The van der Waals surface area contributed by atoms with Crippen molar-refractivity contribution in [3.05, 3.63) is 35.9 Å². The van der Waals surface area contributed by atoms with Crippen LogP contribution in [0.15, 0.2) is 35.3 Å². The van der Waals surface area contributed by atoms with Crippen LogP contribution in [-0.2, 0) is 4.74 Å². The van der Waals surface area contributed by atoms with E-state index in [1.54, 1.807) is 0 Å². The standard InChI is InChI=1S/C20H36N4O/c1-6-24(7-2)17(3)16-23-20(21-5)22-14-11-15-25-18(4)19-12-9-8-10-13-19/h8-10,12-13,17-18H,6-7,11,14-16H2,1-5H3,(H2,21,22,23). The summed E-state index contributed by atoms with van der Waals surface area (Å²) in [6, 6.07) is 10.8. The van der Waals surface area contributed by atoms with E-state index in [-0.39, 0.29) is 6.10 Å². The molecule has 0 aliphatic rings. The fourth-order valence-corrected chi connectivity index (χ4v) is 2.80. The van der Waals surface area contributed by atoms with Gasteiger partial charge in [0.25, 0.3) is 0 Å². The van der Waals surface area contributed by atoms with Crippen molar-refractivity contribution in [2.45, 2.75) is 46.3 Å². The van der Waals surface area contributed by atoms with Gasteiger partial charge in [0.2, 0.25) is 0 Å². The molecule has 0 fully saturated rings. The van der Waals surface area contributed by atoms with Gasteiger partial charge in [-0.15, -0.1) is 0 Å². The zero-order valence-corrected chi connectivity index (χ0v) is 16.6. The Balaban J connectivity index is 2.19. The molecule has 0 amide bonds. The van der Waals surface area contributed by atoms with Crippen molar-refractivity contribution < 1.29 is 4.74 Å². The van der Waals surface area contributed by atoms with Gasteiger partial charge < -0.3 is 15.4 Å². The SMILES string of the molecule is CCN(CC)C(C)CNC(=NC)NCCCOC(C)c1ccccc1. The monoisotopic (exact) mass is 348 g/mol. The Labute approximate surface area is 153 Å². The molecule has 1 aromatic carbocycles. The smallest absolute Gasteiger partial charge is 0.191 e. The summed E-state index contributed by atoms with van der Waals surface area (Å²) in [5.41, 5.74) is 1.22. The van der Waals surface area contributed by atoms with Crippen molar-refractivity contribution in [2.24, 2.45) is 4.99 Å². The molecule has 5 heteroatoms. The summed E-state index contributed by atoms with van der Waals surface area (Å²) in [6.45, 7) is 13.3. The van der Waals surface area contributed by atoms with Crippen molar-refractivity contribution in [2.75, 3.05) is 39.8 Å². The van der Waals surface area contributed by atoms with Gasteiger partial charge in [-0.3, -0.25) is 9.89 Å². The Morgan fingerprint density at radius 1 is 1.12 bits per heavy atom. The predicted octanol–water partition coefficient (Wildman–Crippen LogP) is 3.05. The molecule has 25 heavy (non-hydrogen) atoms. The molecule has 0 aliphatic heterocycles. The maximum absolute atomic E-state index is 5.90. The number of rotatable bonds is 11. The van der Waals surface area contributed by atoms with E-state index in [0.29, 0.717) is 6.04 Å². The van der Waals surface area contributed by atoms with Gasteiger partial charge in [-0.25, -0.2) is 0 Å². The second kappa shape index (κ2) is 12.7. The lowest BCUT2D eigenvalue weighted by molar-refractivity contribution is 0.0646. The molecule has 142 valence electrons. The summed E-state index contributed by atoms with van der Waals surface area (Å²) in [5, 5.41) is 6.75. The van der Waals surface area contributed by atoms with Gasteiger partial charge in [0.15, 0.2) is 5.96 Å². The topological polar surface area (TPSA) is 48.9 Å². The molecule has 5 nitrogen and oxygen atoms in total. The highest BCUT2D eigenvalue weighted by atomic mass is 16.5. The van der Waals surface area contributed by atoms with Crippen LogP contribution in [0, 0.1) is 0 Å². The van der Waals surface area contributed by atoms with Crippen LogP contribution in [0.2, 0.25) is 0 Å². The van der Waals surface area contributed by atoms with Crippen LogP contribution in [0.3, 0.4) is 0 Å². The minimum Gasteiger partial charge on any atom is -0.374 e. The first kappa shape index (κ1) is 21.5. The quantitative estimate of drug-likeness (QED) is 0.367. The second-order valence-electron chi connectivity index (χ2n) is 6.23. The lowest BCUT2D eigenvalue weighted by atomic mass is 10.1. The molecule has 2 N–H and O–H groups in total. The van der Waals surface area contributed by atoms with E-state index >= 15 is 0 Å². The summed E-state index contributed by atoms with van der Waals surface area (Å²) in [6.07, 6.45) is 1.08. The van der Waals surface area contributed by atoms with Gasteiger partial charge in [-0.2, -0.15) is 0 Å². The van der Waals surface area contributed by atoms with E-state index in [4.69, 9.17) is 4.74 Å². The van der Waals surface area contributed by atoms with Crippen molar-refractivity contribution in [1.82, 2.24) is 15.5 Å². The number of ether oxygens (including phenoxy) is 1. The Morgan fingerprint density at radius 3 is 2.40 bits per heavy atom. The third kappa shape index (κ3) is 8.36. The van der Waals surface area contributed by atoms with Gasteiger partial charge in [0.05, 0.1) is 6.10 Å². The summed E-state index contributed by atoms with van der Waals surface area (Å²) in [5.74, 6) is 0.857. The van der Waals surface area contributed by atoms with E-state index in [9.17, 15) is 0 Å². The van der Waals surface area contributed by atoms with E-state index in [1.807, 2.05) is 25.2 Å². The fourth-order valence-electron chi connectivity index (χ4n) is 2.80. The highest BCUT2D eigenvalue weighted by molar-refractivity contribution is 5.79. The first-order chi connectivity index (χ1) is 12.1. The Bertz CT molecular complexity index is 474. The normalized spacial score (nSPS) is 14.4. The highest BCUT2D eigenvalue weighted by Gasteiger charge is 2.10. The first-order valence-corrected chi connectivity index (χ1v) is 9.47. The van der Waals surface area contributed by atoms with Crippen LogP contribution in [0.25, 0.3) is 0 Å². The molecular formula is C20H36N4O. The molecule has 0 aliphatic carbocycles. The van der Waals surface area contributed by atoms with Gasteiger partial charge in [0.1, 0.15) is 0 Å². The van der Waals surface area contributed by atoms with Crippen LogP contribution >= 0.6 is 0 Å². The third-order valence-corrected chi connectivity index (χ3v) is 4.47. The maximum Gasteiger partial charge on any atom is 0.191 e. The average molecular weight is 349 g/mol. The molecule has 2 unspecified atom stereocenters. The summed E-state index contributed by atoms with van der Waals surface area (Å²) in [4.78, 5) is 6.72. The molecule has 0 saturated heterocycles. The lowest BCUT2D eigenvalue weighted by Gasteiger charge is -2.27. The Morgan fingerprint density at radius 2 is 1.80 bits per heavy atom. The number of hydrogen-bond donors (Lipinski definition) is 2.